The molecule has 18 heavy (non-hydrogen) atoms. The van der Waals surface area contributed by atoms with Crippen LogP contribution in [0.4, 0.5) is 5.95 Å². The van der Waals surface area contributed by atoms with Crippen molar-refractivity contribution in [3.05, 3.63) is 23.8 Å². The minimum atomic E-state index is 0.399. The minimum absolute atomic E-state index is 0.399. The van der Waals surface area contributed by atoms with E-state index in [-0.39, 0.29) is 0 Å². The summed E-state index contributed by atoms with van der Waals surface area (Å²) >= 11 is 1.97. The van der Waals surface area contributed by atoms with Crippen LogP contribution in [0.15, 0.2) is 18.2 Å². The molecule has 1 aromatic heterocycles. The van der Waals surface area contributed by atoms with Gasteiger partial charge in [0.25, 0.3) is 0 Å². The lowest BCUT2D eigenvalue weighted by Crippen LogP contribution is -2.09. The number of aromatic nitrogens is 2. The Morgan fingerprint density at radius 2 is 2.22 bits per heavy atom. The van der Waals surface area contributed by atoms with Crippen LogP contribution in [0.25, 0.3) is 11.0 Å². The maximum atomic E-state index is 6.05. The van der Waals surface area contributed by atoms with E-state index in [0.717, 1.165) is 17.5 Å². The van der Waals surface area contributed by atoms with Crippen molar-refractivity contribution >= 4 is 28.7 Å². The van der Waals surface area contributed by atoms with Crippen LogP contribution in [0.3, 0.4) is 0 Å². The van der Waals surface area contributed by atoms with Gasteiger partial charge in [0.05, 0.1) is 11.0 Å². The summed E-state index contributed by atoms with van der Waals surface area (Å²) in [6.07, 6.45) is 1.13. The monoisotopic (exact) mass is 263 g/mol. The summed E-state index contributed by atoms with van der Waals surface area (Å²) in [5.41, 5.74) is 9.45. The van der Waals surface area contributed by atoms with Gasteiger partial charge in [0.2, 0.25) is 5.95 Å². The summed E-state index contributed by atoms with van der Waals surface area (Å²) in [5, 5.41) is 0. The number of hydrogen-bond donors (Lipinski definition) is 1. The molecule has 0 aliphatic heterocycles. The Kier molecular flexibility index (Phi) is 4.17. The van der Waals surface area contributed by atoms with E-state index in [1.807, 2.05) is 17.8 Å². The van der Waals surface area contributed by atoms with Crippen molar-refractivity contribution in [3.63, 3.8) is 0 Å². The lowest BCUT2D eigenvalue weighted by atomic mass is 10.2. The molecule has 0 spiro atoms. The number of benzene rings is 1. The van der Waals surface area contributed by atoms with Crippen LogP contribution in [-0.4, -0.2) is 21.1 Å². The van der Waals surface area contributed by atoms with Gasteiger partial charge in [-0.15, -0.1) is 0 Å². The fraction of sp³-hybridized carbons (Fsp3) is 0.500. The van der Waals surface area contributed by atoms with E-state index in [1.165, 1.54) is 17.1 Å². The second-order valence-corrected chi connectivity index (χ2v) is 6.06. The van der Waals surface area contributed by atoms with Crippen molar-refractivity contribution in [1.29, 1.82) is 0 Å². The Morgan fingerprint density at radius 1 is 1.44 bits per heavy atom. The molecule has 3 nitrogen and oxygen atoms in total. The molecule has 0 amide bonds. The quantitative estimate of drug-likeness (QED) is 0.838. The molecule has 1 unspecified atom stereocenters. The van der Waals surface area contributed by atoms with Gasteiger partial charge >= 0.3 is 0 Å². The number of nitrogens with zero attached hydrogens (tertiary/aromatic N) is 2. The van der Waals surface area contributed by atoms with Crippen molar-refractivity contribution in [2.75, 3.05) is 17.2 Å². The Bertz CT molecular complexity index is 533. The number of imidazole rings is 1. The van der Waals surface area contributed by atoms with Crippen LogP contribution >= 0.6 is 11.8 Å². The Balaban J connectivity index is 2.30. The van der Waals surface area contributed by atoms with Crippen LogP contribution in [0.5, 0.6) is 0 Å². The standard InChI is InChI=1S/C14H21N3S/c1-4-18-8-7-11(3)17-13-9-10(2)5-6-12(13)16-14(17)15/h5-6,9,11H,4,7-8H2,1-3H3,(H2,15,16). The average molecular weight is 263 g/mol. The number of aryl methyl sites for hydroxylation is 1. The van der Waals surface area contributed by atoms with E-state index < -0.39 is 0 Å². The normalized spacial score (nSPS) is 13.1. The molecule has 2 N–H and O–H groups in total. The topological polar surface area (TPSA) is 43.8 Å². The van der Waals surface area contributed by atoms with E-state index in [2.05, 4.69) is 42.5 Å². The first-order valence-electron chi connectivity index (χ1n) is 6.45. The number of hydrogen-bond acceptors (Lipinski definition) is 3. The molecule has 1 atom stereocenters. The molecule has 0 fully saturated rings. The highest BCUT2D eigenvalue weighted by molar-refractivity contribution is 7.99. The summed E-state index contributed by atoms with van der Waals surface area (Å²) in [4.78, 5) is 4.44. The Hall–Kier alpha value is -1.16. The number of nitrogen functional groups attached to an aromatic ring is 1. The highest BCUT2D eigenvalue weighted by Crippen LogP contribution is 2.26. The van der Waals surface area contributed by atoms with Crippen LogP contribution in [-0.2, 0) is 0 Å². The summed E-state index contributed by atoms with van der Waals surface area (Å²) in [6, 6.07) is 6.69. The van der Waals surface area contributed by atoms with Gasteiger partial charge in [0, 0.05) is 6.04 Å². The maximum absolute atomic E-state index is 6.05. The summed E-state index contributed by atoms with van der Waals surface area (Å²) in [6.45, 7) is 6.51. The molecular weight excluding hydrogens is 242 g/mol. The summed E-state index contributed by atoms with van der Waals surface area (Å²) in [5.74, 6) is 2.97. The zero-order valence-electron chi connectivity index (χ0n) is 11.3. The zero-order chi connectivity index (χ0) is 13.1. The van der Waals surface area contributed by atoms with Gasteiger partial charge in [-0.25, -0.2) is 4.98 Å². The van der Waals surface area contributed by atoms with Crippen molar-refractivity contribution in [2.24, 2.45) is 0 Å². The first kappa shape index (κ1) is 13.3. The second kappa shape index (κ2) is 5.65. The first-order valence-corrected chi connectivity index (χ1v) is 7.60. The zero-order valence-corrected chi connectivity index (χ0v) is 12.1. The van der Waals surface area contributed by atoms with E-state index in [0.29, 0.717) is 12.0 Å². The predicted octanol–water partition coefficient (Wildman–Crippen LogP) is 3.63. The molecule has 1 aromatic carbocycles. The largest absolute Gasteiger partial charge is 0.369 e. The molecular formula is C14H21N3S. The number of anilines is 1. The molecule has 0 saturated heterocycles. The lowest BCUT2D eigenvalue weighted by Gasteiger charge is -2.15. The number of fused-ring (bicyclic) bond motifs is 1. The molecule has 98 valence electrons. The van der Waals surface area contributed by atoms with Crippen molar-refractivity contribution in [2.45, 2.75) is 33.2 Å². The average Bonchev–Trinajstić information content (AvgIpc) is 2.64. The highest BCUT2D eigenvalue weighted by Gasteiger charge is 2.13. The summed E-state index contributed by atoms with van der Waals surface area (Å²) in [7, 11) is 0. The molecule has 2 rings (SSSR count). The van der Waals surface area contributed by atoms with Crippen LogP contribution in [0.1, 0.15) is 31.9 Å². The van der Waals surface area contributed by atoms with Gasteiger partial charge in [0.15, 0.2) is 0 Å². The van der Waals surface area contributed by atoms with Gasteiger partial charge in [-0.3, -0.25) is 0 Å². The summed E-state index contributed by atoms with van der Waals surface area (Å²) < 4.78 is 2.17. The lowest BCUT2D eigenvalue weighted by molar-refractivity contribution is 0.556. The Morgan fingerprint density at radius 3 is 2.94 bits per heavy atom. The van der Waals surface area contributed by atoms with Crippen LogP contribution in [0.2, 0.25) is 0 Å². The van der Waals surface area contributed by atoms with E-state index in [1.54, 1.807) is 0 Å². The third-order valence-corrected chi connectivity index (χ3v) is 4.13. The van der Waals surface area contributed by atoms with Crippen molar-refractivity contribution < 1.29 is 0 Å². The van der Waals surface area contributed by atoms with Crippen molar-refractivity contribution in [1.82, 2.24) is 9.55 Å². The van der Waals surface area contributed by atoms with Gasteiger partial charge in [-0.1, -0.05) is 13.0 Å². The van der Waals surface area contributed by atoms with Crippen molar-refractivity contribution in [3.8, 4) is 0 Å². The van der Waals surface area contributed by atoms with E-state index in [9.17, 15) is 0 Å². The molecule has 0 aliphatic carbocycles. The fourth-order valence-corrected chi connectivity index (χ4v) is 3.01. The molecule has 0 bridgehead atoms. The highest BCUT2D eigenvalue weighted by atomic mass is 32.2. The predicted molar refractivity (Wildman–Crippen MR) is 81.2 cm³/mol. The van der Waals surface area contributed by atoms with Crippen LogP contribution in [0, 0.1) is 6.92 Å². The molecule has 1 heterocycles. The molecule has 2 aromatic rings. The molecule has 0 saturated carbocycles. The molecule has 0 radical (unpaired) electrons. The second-order valence-electron chi connectivity index (χ2n) is 4.67. The van der Waals surface area contributed by atoms with Gasteiger partial charge in [0.1, 0.15) is 0 Å². The molecule has 0 aliphatic rings. The van der Waals surface area contributed by atoms with E-state index in [4.69, 9.17) is 5.73 Å². The molecule has 4 heteroatoms. The maximum Gasteiger partial charge on any atom is 0.201 e. The number of thioether (sulfide) groups is 1. The van der Waals surface area contributed by atoms with Gasteiger partial charge < -0.3 is 10.3 Å². The number of nitrogens with two attached hydrogens (primary N) is 1. The smallest absolute Gasteiger partial charge is 0.201 e. The van der Waals surface area contributed by atoms with Gasteiger partial charge in [-0.05, 0) is 49.5 Å². The third kappa shape index (κ3) is 2.64. The Labute approximate surface area is 113 Å². The third-order valence-electron chi connectivity index (χ3n) is 3.20. The number of rotatable bonds is 5. The first-order chi connectivity index (χ1) is 8.63. The van der Waals surface area contributed by atoms with Gasteiger partial charge in [-0.2, -0.15) is 11.8 Å². The SMILES string of the molecule is CCSCCC(C)n1c(N)nc2ccc(C)cc21. The minimum Gasteiger partial charge on any atom is -0.369 e. The van der Waals surface area contributed by atoms with Crippen LogP contribution < -0.4 is 5.73 Å². The van der Waals surface area contributed by atoms with E-state index >= 15 is 0 Å². The fourth-order valence-electron chi connectivity index (χ4n) is 2.21.